The highest BCUT2D eigenvalue weighted by atomic mass is 79.9. The van der Waals surface area contributed by atoms with Gasteiger partial charge in [0.05, 0.1) is 5.03 Å². The average Bonchev–Trinajstić information content (AvgIpc) is 2.67. The summed E-state index contributed by atoms with van der Waals surface area (Å²) in [5.74, 6) is 1.13. The minimum Gasteiger partial charge on any atom is -0.313 e. The number of hydrogen-bond acceptors (Lipinski definition) is 3. The molecule has 84 valence electrons. The van der Waals surface area contributed by atoms with Crippen molar-refractivity contribution in [2.24, 2.45) is 0 Å². The molecule has 2 heterocycles. The van der Waals surface area contributed by atoms with Gasteiger partial charge in [-0.25, -0.2) is 4.98 Å². The van der Waals surface area contributed by atoms with Crippen LogP contribution >= 0.6 is 40.1 Å². The van der Waals surface area contributed by atoms with Crippen LogP contribution in [0.15, 0.2) is 27.8 Å². The maximum atomic E-state index is 4.39. The van der Waals surface area contributed by atoms with Gasteiger partial charge in [0.2, 0.25) is 0 Å². The largest absolute Gasteiger partial charge is 0.313 e. The van der Waals surface area contributed by atoms with E-state index in [0.29, 0.717) is 6.04 Å². The normalized spacial score (nSPS) is 19.9. The predicted molar refractivity (Wildman–Crippen MR) is 70.9 cm³/mol. The first-order chi connectivity index (χ1) is 6.84. The summed E-state index contributed by atoms with van der Waals surface area (Å²) in [5.41, 5.74) is 0. The van der Waals surface area contributed by atoms with Crippen molar-refractivity contribution in [1.29, 1.82) is 0 Å². The Bertz CT molecular complexity index is 305. The summed E-state index contributed by atoms with van der Waals surface area (Å²) in [7, 11) is 0. The summed E-state index contributed by atoms with van der Waals surface area (Å²) in [5, 5.41) is 4.59. The van der Waals surface area contributed by atoms with E-state index in [2.05, 4.69) is 32.3 Å². The molecule has 2 rings (SSSR count). The minimum absolute atomic E-state index is 0. The van der Waals surface area contributed by atoms with E-state index in [4.69, 9.17) is 0 Å². The molecule has 0 amide bonds. The Hall–Kier alpha value is 0.230. The lowest BCUT2D eigenvalue weighted by atomic mass is 10.3. The van der Waals surface area contributed by atoms with Crippen LogP contribution in [0.5, 0.6) is 0 Å². The highest BCUT2D eigenvalue weighted by molar-refractivity contribution is 9.10. The van der Waals surface area contributed by atoms with Crippen LogP contribution < -0.4 is 5.32 Å². The van der Waals surface area contributed by atoms with Gasteiger partial charge in [0.25, 0.3) is 0 Å². The Morgan fingerprint density at radius 3 is 3.07 bits per heavy atom. The second-order valence-corrected chi connectivity index (χ2v) is 5.26. The summed E-state index contributed by atoms with van der Waals surface area (Å²) in [6.07, 6.45) is 2.62. The molecule has 0 bridgehead atoms. The summed E-state index contributed by atoms with van der Waals surface area (Å²) >= 11 is 5.20. The van der Waals surface area contributed by atoms with Gasteiger partial charge < -0.3 is 5.32 Å². The van der Waals surface area contributed by atoms with Crippen molar-refractivity contribution in [3.8, 4) is 0 Å². The Kier molecular flexibility index (Phi) is 5.97. The molecule has 1 saturated heterocycles. The molecule has 1 aliphatic heterocycles. The van der Waals surface area contributed by atoms with E-state index in [-0.39, 0.29) is 12.4 Å². The first kappa shape index (κ1) is 13.3. The smallest absolute Gasteiger partial charge is 0.107 e. The van der Waals surface area contributed by atoms with Crippen LogP contribution in [-0.2, 0) is 0 Å². The molecule has 0 saturated carbocycles. The van der Waals surface area contributed by atoms with Gasteiger partial charge in [-0.3, -0.25) is 0 Å². The first-order valence-electron chi connectivity index (χ1n) is 4.83. The van der Waals surface area contributed by atoms with Crippen LogP contribution in [-0.4, -0.2) is 23.3 Å². The standard InChI is InChI=1S/C10H13BrN2S.ClH/c11-9-4-1-5-10(13-9)14-7-8-3-2-6-12-8;/h1,4-5,8,12H,2-3,6-7H2;1H. The van der Waals surface area contributed by atoms with Gasteiger partial charge in [-0.1, -0.05) is 6.07 Å². The van der Waals surface area contributed by atoms with Crippen molar-refractivity contribution in [3.05, 3.63) is 22.8 Å². The molecule has 1 aromatic rings. The lowest BCUT2D eigenvalue weighted by Gasteiger charge is -2.08. The SMILES string of the molecule is Brc1cccc(SCC2CCCN2)n1.Cl. The van der Waals surface area contributed by atoms with Crippen molar-refractivity contribution >= 4 is 40.1 Å². The number of rotatable bonds is 3. The molecule has 1 fully saturated rings. The van der Waals surface area contributed by atoms with Gasteiger partial charge in [0.1, 0.15) is 4.60 Å². The van der Waals surface area contributed by atoms with Gasteiger partial charge in [-0.05, 0) is 47.4 Å². The maximum Gasteiger partial charge on any atom is 0.107 e. The van der Waals surface area contributed by atoms with E-state index in [9.17, 15) is 0 Å². The molecule has 15 heavy (non-hydrogen) atoms. The first-order valence-corrected chi connectivity index (χ1v) is 6.61. The number of hydrogen-bond donors (Lipinski definition) is 1. The Morgan fingerprint density at radius 1 is 1.53 bits per heavy atom. The fourth-order valence-electron chi connectivity index (χ4n) is 1.55. The third kappa shape index (κ3) is 4.31. The predicted octanol–water partition coefficient (Wildman–Crippen LogP) is 3.11. The molecule has 1 aliphatic rings. The molecule has 5 heteroatoms. The molecule has 0 aromatic carbocycles. The zero-order valence-corrected chi connectivity index (χ0v) is 11.5. The van der Waals surface area contributed by atoms with Crippen molar-refractivity contribution in [1.82, 2.24) is 10.3 Å². The van der Waals surface area contributed by atoms with Crippen LogP contribution in [0.4, 0.5) is 0 Å². The van der Waals surface area contributed by atoms with Crippen molar-refractivity contribution in [2.45, 2.75) is 23.9 Å². The monoisotopic (exact) mass is 308 g/mol. The van der Waals surface area contributed by atoms with E-state index in [1.165, 1.54) is 19.4 Å². The number of halogens is 2. The summed E-state index contributed by atoms with van der Waals surface area (Å²) in [4.78, 5) is 4.39. The molecule has 0 spiro atoms. The second-order valence-electron chi connectivity index (χ2n) is 3.40. The van der Waals surface area contributed by atoms with Crippen molar-refractivity contribution < 1.29 is 0 Å². The molecule has 1 aromatic heterocycles. The van der Waals surface area contributed by atoms with Crippen LogP contribution in [0.25, 0.3) is 0 Å². The number of thioether (sulfide) groups is 1. The highest BCUT2D eigenvalue weighted by Crippen LogP contribution is 2.20. The molecule has 1 unspecified atom stereocenters. The van der Waals surface area contributed by atoms with Crippen LogP contribution in [0.1, 0.15) is 12.8 Å². The minimum atomic E-state index is 0. The molecule has 1 N–H and O–H groups in total. The second kappa shape index (κ2) is 6.74. The fraction of sp³-hybridized carbons (Fsp3) is 0.500. The van der Waals surface area contributed by atoms with Gasteiger partial charge in [-0.15, -0.1) is 24.2 Å². The van der Waals surface area contributed by atoms with Gasteiger partial charge >= 0.3 is 0 Å². The quantitative estimate of drug-likeness (QED) is 0.686. The summed E-state index contributed by atoms with van der Waals surface area (Å²) < 4.78 is 0.918. The molecule has 2 nitrogen and oxygen atoms in total. The topological polar surface area (TPSA) is 24.9 Å². The van der Waals surface area contributed by atoms with E-state index >= 15 is 0 Å². The Balaban J connectivity index is 0.00000112. The van der Waals surface area contributed by atoms with Crippen LogP contribution in [0, 0.1) is 0 Å². The number of nitrogens with zero attached hydrogens (tertiary/aromatic N) is 1. The van der Waals surface area contributed by atoms with Gasteiger partial charge in [-0.2, -0.15) is 0 Å². The van der Waals surface area contributed by atoms with Crippen LogP contribution in [0.2, 0.25) is 0 Å². The summed E-state index contributed by atoms with van der Waals surface area (Å²) in [6, 6.07) is 6.73. The lowest BCUT2D eigenvalue weighted by molar-refractivity contribution is 0.673. The Morgan fingerprint density at radius 2 is 2.40 bits per heavy atom. The van der Waals surface area contributed by atoms with Gasteiger partial charge in [0.15, 0.2) is 0 Å². The number of pyridine rings is 1. The Labute approximate surface area is 109 Å². The lowest BCUT2D eigenvalue weighted by Crippen LogP contribution is -2.23. The van der Waals surface area contributed by atoms with E-state index in [1.54, 1.807) is 0 Å². The molecular weight excluding hydrogens is 296 g/mol. The summed E-state index contributed by atoms with van der Waals surface area (Å²) in [6.45, 7) is 1.18. The zero-order valence-electron chi connectivity index (χ0n) is 8.28. The third-order valence-electron chi connectivity index (χ3n) is 2.28. The molecule has 0 radical (unpaired) electrons. The fourth-order valence-corrected chi connectivity index (χ4v) is 3.01. The zero-order chi connectivity index (χ0) is 9.80. The maximum absolute atomic E-state index is 4.39. The third-order valence-corrected chi connectivity index (χ3v) is 3.82. The molecule has 0 aliphatic carbocycles. The van der Waals surface area contributed by atoms with Crippen LogP contribution in [0.3, 0.4) is 0 Å². The van der Waals surface area contributed by atoms with E-state index in [0.717, 1.165) is 15.4 Å². The number of nitrogens with one attached hydrogen (secondary N) is 1. The molecule has 1 atom stereocenters. The highest BCUT2D eigenvalue weighted by Gasteiger charge is 2.13. The number of aromatic nitrogens is 1. The van der Waals surface area contributed by atoms with Gasteiger partial charge in [0, 0.05) is 11.8 Å². The average molecular weight is 310 g/mol. The van der Waals surface area contributed by atoms with E-state index < -0.39 is 0 Å². The van der Waals surface area contributed by atoms with E-state index in [1.807, 2.05) is 23.9 Å². The van der Waals surface area contributed by atoms with Crippen molar-refractivity contribution in [3.63, 3.8) is 0 Å². The van der Waals surface area contributed by atoms with Crippen molar-refractivity contribution in [2.75, 3.05) is 12.3 Å². The molecular formula is C10H14BrClN2S.